The highest BCUT2D eigenvalue weighted by Gasteiger charge is 2.58. The summed E-state index contributed by atoms with van der Waals surface area (Å²) >= 11 is 0. The standard InChI is InChI=1S/C19H20N2O/c20-15-19(11-18(19)14-22)21(12-16-7-3-1-4-8-16)13-17-9-5-2-6-10-17/h1-10,18,22H,11-14H2. The number of aliphatic hydroxyl groups excluding tert-OH is 1. The average Bonchev–Trinajstić information content (AvgIpc) is 3.31. The van der Waals surface area contributed by atoms with E-state index in [0.29, 0.717) is 0 Å². The van der Waals surface area contributed by atoms with Crippen LogP contribution in [-0.2, 0) is 13.1 Å². The van der Waals surface area contributed by atoms with Crippen LogP contribution >= 0.6 is 0 Å². The lowest BCUT2D eigenvalue weighted by Crippen LogP contribution is -2.37. The zero-order chi connectivity index (χ0) is 15.4. The Balaban J connectivity index is 1.84. The van der Waals surface area contributed by atoms with E-state index in [0.717, 1.165) is 19.5 Å². The third-order valence-corrected chi connectivity index (χ3v) is 4.48. The summed E-state index contributed by atoms with van der Waals surface area (Å²) in [5, 5.41) is 19.2. The Morgan fingerprint density at radius 1 is 1.00 bits per heavy atom. The molecule has 3 rings (SSSR count). The van der Waals surface area contributed by atoms with Crippen LogP contribution in [0.2, 0.25) is 0 Å². The van der Waals surface area contributed by atoms with Crippen molar-refractivity contribution < 1.29 is 5.11 Å². The molecule has 0 bridgehead atoms. The Labute approximate surface area is 131 Å². The van der Waals surface area contributed by atoms with Crippen LogP contribution in [-0.4, -0.2) is 22.2 Å². The number of nitrogens with zero attached hydrogens (tertiary/aromatic N) is 2. The van der Waals surface area contributed by atoms with Crippen molar-refractivity contribution in [2.45, 2.75) is 25.0 Å². The Bertz CT molecular complexity index is 609. The van der Waals surface area contributed by atoms with Crippen LogP contribution in [0.1, 0.15) is 17.5 Å². The molecule has 1 N–H and O–H groups in total. The maximum Gasteiger partial charge on any atom is 0.115 e. The molecule has 2 atom stereocenters. The minimum absolute atomic E-state index is 0.0601. The fourth-order valence-electron chi connectivity index (χ4n) is 3.07. The molecule has 1 aliphatic carbocycles. The van der Waals surface area contributed by atoms with Gasteiger partial charge in [0, 0.05) is 25.6 Å². The van der Waals surface area contributed by atoms with E-state index in [4.69, 9.17) is 0 Å². The average molecular weight is 292 g/mol. The summed E-state index contributed by atoms with van der Waals surface area (Å²) in [7, 11) is 0. The van der Waals surface area contributed by atoms with Gasteiger partial charge in [0.1, 0.15) is 5.54 Å². The van der Waals surface area contributed by atoms with Crippen molar-refractivity contribution >= 4 is 0 Å². The zero-order valence-electron chi connectivity index (χ0n) is 12.5. The van der Waals surface area contributed by atoms with Crippen molar-refractivity contribution in [3.8, 4) is 6.07 Å². The Kier molecular flexibility index (Phi) is 4.24. The van der Waals surface area contributed by atoms with E-state index < -0.39 is 5.54 Å². The molecule has 0 aliphatic heterocycles. The molecule has 112 valence electrons. The van der Waals surface area contributed by atoms with Crippen molar-refractivity contribution in [2.75, 3.05) is 6.61 Å². The second kappa shape index (κ2) is 6.31. The number of hydrogen-bond acceptors (Lipinski definition) is 3. The molecule has 3 heteroatoms. The van der Waals surface area contributed by atoms with Gasteiger partial charge in [0.25, 0.3) is 0 Å². The lowest BCUT2D eigenvalue weighted by atomic mass is 10.1. The monoisotopic (exact) mass is 292 g/mol. The van der Waals surface area contributed by atoms with Crippen LogP contribution in [0.3, 0.4) is 0 Å². The largest absolute Gasteiger partial charge is 0.396 e. The molecule has 0 radical (unpaired) electrons. The molecule has 0 aromatic heterocycles. The molecule has 22 heavy (non-hydrogen) atoms. The van der Waals surface area contributed by atoms with Gasteiger partial charge in [-0.15, -0.1) is 0 Å². The molecule has 1 saturated carbocycles. The molecule has 2 aromatic carbocycles. The first-order chi connectivity index (χ1) is 10.8. The molecule has 0 saturated heterocycles. The minimum atomic E-state index is -0.527. The van der Waals surface area contributed by atoms with Gasteiger partial charge in [-0.1, -0.05) is 60.7 Å². The first-order valence-corrected chi connectivity index (χ1v) is 7.63. The van der Waals surface area contributed by atoms with Crippen LogP contribution in [0, 0.1) is 17.2 Å². The highest BCUT2D eigenvalue weighted by molar-refractivity contribution is 5.28. The fourth-order valence-corrected chi connectivity index (χ4v) is 3.07. The number of benzene rings is 2. The second-order valence-electron chi connectivity index (χ2n) is 5.95. The van der Waals surface area contributed by atoms with E-state index in [1.807, 2.05) is 36.4 Å². The highest BCUT2D eigenvalue weighted by Crippen LogP contribution is 2.49. The molecule has 3 nitrogen and oxygen atoms in total. The number of rotatable bonds is 6. The van der Waals surface area contributed by atoms with Gasteiger partial charge in [-0.2, -0.15) is 5.26 Å². The fraction of sp³-hybridized carbons (Fsp3) is 0.316. The predicted molar refractivity (Wildman–Crippen MR) is 85.7 cm³/mol. The summed E-state index contributed by atoms with van der Waals surface area (Å²) in [4.78, 5) is 2.21. The zero-order valence-corrected chi connectivity index (χ0v) is 12.5. The molecular weight excluding hydrogens is 272 g/mol. The van der Waals surface area contributed by atoms with E-state index in [1.165, 1.54) is 11.1 Å². The van der Waals surface area contributed by atoms with Crippen LogP contribution in [0.5, 0.6) is 0 Å². The first-order valence-electron chi connectivity index (χ1n) is 7.63. The molecular formula is C19H20N2O. The van der Waals surface area contributed by atoms with E-state index in [9.17, 15) is 10.4 Å². The smallest absolute Gasteiger partial charge is 0.115 e. The molecule has 0 heterocycles. The van der Waals surface area contributed by atoms with Crippen molar-refractivity contribution in [3.63, 3.8) is 0 Å². The van der Waals surface area contributed by atoms with Crippen LogP contribution in [0.4, 0.5) is 0 Å². The SMILES string of the molecule is N#CC1(N(Cc2ccccc2)Cc2ccccc2)CC1CO. The van der Waals surface area contributed by atoms with Crippen LogP contribution in [0.25, 0.3) is 0 Å². The summed E-state index contributed by atoms with van der Waals surface area (Å²) < 4.78 is 0. The highest BCUT2D eigenvalue weighted by atomic mass is 16.3. The van der Waals surface area contributed by atoms with E-state index in [-0.39, 0.29) is 12.5 Å². The summed E-state index contributed by atoms with van der Waals surface area (Å²) in [6.45, 7) is 1.52. The molecule has 2 unspecified atom stereocenters. The summed E-state index contributed by atoms with van der Waals surface area (Å²) in [5.74, 6) is 0.0601. The summed E-state index contributed by atoms with van der Waals surface area (Å²) in [6.07, 6.45) is 0.750. The van der Waals surface area contributed by atoms with Gasteiger partial charge in [0.15, 0.2) is 0 Å². The van der Waals surface area contributed by atoms with Gasteiger partial charge in [0.05, 0.1) is 6.07 Å². The number of hydrogen-bond donors (Lipinski definition) is 1. The van der Waals surface area contributed by atoms with Crippen molar-refractivity contribution in [2.24, 2.45) is 5.92 Å². The summed E-state index contributed by atoms with van der Waals surface area (Å²) in [6, 6.07) is 22.9. The van der Waals surface area contributed by atoms with Crippen molar-refractivity contribution in [3.05, 3.63) is 71.8 Å². The maximum absolute atomic E-state index is 9.68. The number of nitriles is 1. The van der Waals surface area contributed by atoms with Gasteiger partial charge >= 0.3 is 0 Å². The topological polar surface area (TPSA) is 47.3 Å². The maximum atomic E-state index is 9.68. The second-order valence-corrected chi connectivity index (χ2v) is 5.95. The predicted octanol–water partition coefficient (Wildman–Crippen LogP) is 2.96. The van der Waals surface area contributed by atoms with E-state index >= 15 is 0 Å². The quantitative estimate of drug-likeness (QED) is 0.890. The summed E-state index contributed by atoms with van der Waals surface area (Å²) in [5.41, 5.74) is 1.86. The van der Waals surface area contributed by atoms with E-state index in [1.54, 1.807) is 0 Å². The van der Waals surface area contributed by atoms with Gasteiger partial charge in [-0.25, -0.2) is 0 Å². The van der Waals surface area contributed by atoms with Gasteiger partial charge in [-0.3, -0.25) is 4.90 Å². The van der Waals surface area contributed by atoms with Crippen molar-refractivity contribution in [1.82, 2.24) is 4.90 Å². The molecule has 2 aromatic rings. The molecule has 1 fully saturated rings. The van der Waals surface area contributed by atoms with Crippen LogP contribution < -0.4 is 0 Å². The molecule has 0 spiro atoms. The normalized spacial score (nSPS) is 23.2. The first kappa shape index (κ1) is 14.8. The van der Waals surface area contributed by atoms with E-state index in [2.05, 4.69) is 35.2 Å². The lowest BCUT2D eigenvalue weighted by molar-refractivity contribution is 0.163. The Morgan fingerprint density at radius 2 is 1.50 bits per heavy atom. The third kappa shape index (κ3) is 2.89. The lowest BCUT2D eigenvalue weighted by Gasteiger charge is -2.28. The molecule has 1 aliphatic rings. The third-order valence-electron chi connectivity index (χ3n) is 4.48. The number of aliphatic hydroxyl groups is 1. The Hall–Kier alpha value is -2.15. The van der Waals surface area contributed by atoms with Crippen molar-refractivity contribution in [1.29, 1.82) is 5.26 Å². The van der Waals surface area contributed by atoms with Gasteiger partial charge in [0.2, 0.25) is 0 Å². The van der Waals surface area contributed by atoms with Crippen LogP contribution in [0.15, 0.2) is 60.7 Å². The van der Waals surface area contributed by atoms with Gasteiger partial charge in [-0.05, 0) is 17.5 Å². The minimum Gasteiger partial charge on any atom is -0.396 e. The molecule has 0 amide bonds. The Morgan fingerprint density at radius 3 is 1.86 bits per heavy atom. The van der Waals surface area contributed by atoms with Gasteiger partial charge < -0.3 is 5.11 Å².